The van der Waals surface area contributed by atoms with E-state index in [1.54, 1.807) is 0 Å². The number of fused-ring (bicyclic) bond motifs is 1. The minimum Gasteiger partial charge on any atom is -0.399 e. The largest absolute Gasteiger partial charge is 0.494 e. The molecule has 0 N–H and O–H groups in total. The Morgan fingerprint density at radius 1 is 1.05 bits per heavy atom. The SMILES string of the molecule is CC1(C)OB(c2cc(Cl)c3c(Br)cccc3c2)OC1(C)C. The van der Waals surface area contributed by atoms with Gasteiger partial charge in [0.15, 0.2) is 0 Å². The van der Waals surface area contributed by atoms with Crippen molar-refractivity contribution in [3.63, 3.8) is 0 Å². The molecule has 110 valence electrons. The predicted octanol–water partition coefficient (Wildman–Crippen LogP) is 4.55. The second-order valence-electron chi connectivity index (χ2n) is 6.43. The molecule has 0 radical (unpaired) electrons. The first-order valence-corrected chi connectivity index (χ1v) is 8.12. The lowest BCUT2D eigenvalue weighted by Gasteiger charge is -2.32. The molecule has 2 aromatic rings. The zero-order chi connectivity index (χ0) is 15.4. The highest BCUT2D eigenvalue weighted by Gasteiger charge is 2.51. The highest BCUT2D eigenvalue weighted by atomic mass is 79.9. The summed E-state index contributed by atoms with van der Waals surface area (Å²) in [7, 11) is -0.393. The Kier molecular flexibility index (Phi) is 3.65. The van der Waals surface area contributed by atoms with E-state index in [2.05, 4.69) is 22.0 Å². The summed E-state index contributed by atoms with van der Waals surface area (Å²) in [5, 5.41) is 2.78. The molecule has 0 bridgehead atoms. The fraction of sp³-hybridized carbons (Fsp3) is 0.375. The lowest BCUT2D eigenvalue weighted by atomic mass is 9.78. The van der Waals surface area contributed by atoms with Crippen LogP contribution in [0.3, 0.4) is 0 Å². The first-order chi connectivity index (χ1) is 9.71. The predicted molar refractivity (Wildman–Crippen MR) is 92.4 cm³/mol. The third-order valence-corrected chi connectivity index (χ3v) is 5.38. The Hall–Kier alpha value is -0.545. The van der Waals surface area contributed by atoms with Crippen molar-refractivity contribution < 1.29 is 9.31 Å². The van der Waals surface area contributed by atoms with Crippen LogP contribution in [-0.2, 0) is 9.31 Å². The van der Waals surface area contributed by atoms with Crippen LogP contribution in [0.2, 0.25) is 5.02 Å². The van der Waals surface area contributed by atoms with Crippen LogP contribution < -0.4 is 5.46 Å². The van der Waals surface area contributed by atoms with E-state index in [4.69, 9.17) is 20.9 Å². The van der Waals surface area contributed by atoms with Crippen molar-refractivity contribution in [1.29, 1.82) is 0 Å². The average molecular weight is 367 g/mol. The molecule has 1 aliphatic heterocycles. The van der Waals surface area contributed by atoms with Crippen LogP contribution in [0.4, 0.5) is 0 Å². The van der Waals surface area contributed by atoms with Gasteiger partial charge in [-0.3, -0.25) is 0 Å². The van der Waals surface area contributed by atoms with E-state index in [1.165, 1.54) is 0 Å². The van der Waals surface area contributed by atoms with E-state index in [0.29, 0.717) is 5.02 Å². The third kappa shape index (κ3) is 2.52. The summed E-state index contributed by atoms with van der Waals surface area (Å²) in [4.78, 5) is 0. The maximum Gasteiger partial charge on any atom is 0.494 e. The Bertz CT molecular complexity index is 699. The molecule has 0 aliphatic carbocycles. The van der Waals surface area contributed by atoms with Gasteiger partial charge in [0.05, 0.1) is 11.2 Å². The van der Waals surface area contributed by atoms with E-state index in [0.717, 1.165) is 20.7 Å². The summed E-state index contributed by atoms with van der Waals surface area (Å²) >= 11 is 9.99. The molecule has 1 heterocycles. The zero-order valence-electron chi connectivity index (χ0n) is 12.5. The van der Waals surface area contributed by atoms with E-state index < -0.39 is 7.12 Å². The molecule has 0 aromatic heterocycles. The second-order valence-corrected chi connectivity index (χ2v) is 7.69. The van der Waals surface area contributed by atoms with Gasteiger partial charge in [-0.2, -0.15) is 0 Å². The standard InChI is InChI=1S/C16H17BBrClO2/c1-15(2)16(3,4)21-17(20-15)11-8-10-6-5-7-12(18)14(10)13(19)9-11/h5-9H,1-4H3. The molecular formula is C16H17BBrClO2. The number of rotatable bonds is 1. The Morgan fingerprint density at radius 3 is 2.29 bits per heavy atom. The van der Waals surface area contributed by atoms with Gasteiger partial charge in [-0.25, -0.2) is 0 Å². The molecule has 0 saturated carbocycles. The maximum absolute atomic E-state index is 6.45. The van der Waals surface area contributed by atoms with Gasteiger partial charge >= 0.3 is 7.12 Å². The van der Waals surface area contributed by atoms with Crippen LogP contribution in [0.1, 0.15) is 27.7 Å². The van der Waals surface area contributed by atoms with Crippen LogP contribution in [0, 0.1) is 0 Å². The average Bonchev–Trinajstić information content (AvgIpc) is 2.58. The van der Waals surface area contributed by atoms with Gasteiger partial charge in [-0.05, 0) is 50.7 Å². The molecule has 0 atom stereocenters. The molecule has 0 unspecified atom stereocenters. The summed E-state index contributed by atoms with van der Waals surface area (Å²) in [5.74, 6) is 0. The van der Waals surface area contributed by atoms with Crippen molar-refractivity contribution in [2.75, 3.05) is 0 Å². The highest BCUT2D eigenvalue weighted by molar-refractivity contribution is 9.10. The van der Waals surface area contributed by atoms with Crippen LogP contribution in [-0.4, -0.2) is 18.3 Å². The Labute approximate surface area is 139 Å². The summed E-state index contributed by atoms with van der Waals surface area (Å²) in [6, 6.07) is 10.0. The van der Waals surface area contributed by atoms with Gasteiger partial charge in [0.2, 0.25) is 0 Å². The van der Waals surface area contributed by atoms with Crippen LogP contribution >= 0.6 is 27.5 Å². The second kappa shape index (κ2) is 4.99. The van der Waals surface area contributed by atoms with Crippen molar-refractivity contribution in [2.45, 2.75) is 38.9 Å². The normalized spacial score (nSPS) is 20.2. The van der Waals surface area contributed by atoms with Crippen LogP contribution in [0.15, 0.2) is 34.8 Å². The molecule has 0 spiro atoms. The summed E-state index contributed by atoms with van der Waals surface area (Å²) in [5.41, 5.74) is 0.247. The molecule has 0 amide bonds. The van der Waals surface area contributed by atoms with Crippen molar-refractivity contribution in [2.24, 2.45) is 0 Å². The van der Waals surface area contributed by atoms with E-state index >= 15 is 0 Å². The summed E-state index contributed by atoms with van der Waals surface area (Å²) < 4.78 is 13.2. The minimum absolute atomic E-state index is 0.351. The van der Waals surface area contributed by atoms with Gasteiger partial charge in [-0.1, -0.05) is 45.7 Å². The Morgan fingerprint density at radius 2 is 1.67 bits per heavy atom. The smallest absolute Gasteiger partial charge is 0.399 e. The van der Waals surface area contributed by atoms with Crippen molar-refractivity contribution in [1.82, 2.24) is 0 Å². The first-order valence-electron chi connectivity index (χ1n) is 6.95. The van der Waals surface area contributed by atoms with E-state index in [9.17, 15) is 0 Å². The van der Waals surface area contributed by atoms with Crippen LogP contribution in [0.5, 0.6) is 0 Å². The van der Waals surface area contributed by atoms with Crippen molar-refractivity contribution >= 4 is 50.9 Å². The Balaban J connectivity index is 2.07. The quantitative estimate of drug-likeness (QED) is 0.688. The lowest BCUT2D eigenvalue weighted by molar-refractivity contribution is 0.00578. The lowest BCUT2D eigenvalue weighted by Crippen LogP contribution is -2.41. The molecule has 3 rings (SSSR count). The number of hydrogen-bond acceptors (Lipinski definition) is 2. The van der Waals surface area contributed by atoms with Gasteiger partial charge < -0.3 is 9.31 Å². The molecule has 1 fully saturated rings. The van der Waals surface area contributed by atoms with Crippen molar-refractivity contribution in [3.05, 3.63) is 39.8 Å². The first kappa shape index (κ1) is 15.4. The van der Waals surface area contributed by atoms with E-state index in [1.807, 2.05) is 52.0 Å². The zero-order valence-corrected chi connectivity index (χ0v) is 14.9. The number of hydrogen-bond donors (Lipinski definition) is 0. The molecule has 2 nitrogen and oxygen atoms in total. The molecule has 5 heteroatoms. The number of benzene rings is 2. The van der Waals surface area contributed by atoms with Gasteiger partial charge in [0.25, 0.3) is 0 Å². The third-order valence-electron chi connectivity index (χ3n) is 4.43. The molecular weight excluding hydrogens is 350 g/mol. The van der Waals surface area contributed by atoms with Crippen molar-refractivity contribution in [3.8, 4) is 0 Å². The molecule has 21 heavy (non-hydrogen) atoms. The summed E-state index contributed by atoms with van der Waals surface area (Å²) in [6.07, 6.45) is 0. The fourth-order valence-electron chi connectivity index (χ4n) is 2.47. The minimum atomic E-state index is -0.393. The molecule has 1 saturated heterocycles. The topological polar surface area (TPSA) is 18.5 Å². The fourth-order valence-corrected chi connectivity index (χ4v) is 3.51. The van der Waals surface area contributed by atoms with Crippen LogP contribution in [0.25, 0.3) is 10.8 Å². The maximum atomic E-state index is 6.45. The monoisotopic (exact) mass is 366 g/mol. The van der Waals surface area contributed by atoms with Gasteiger partial charge in [0.1, 0.15) is 0 Å². The summed E-state index contributed by atoms with van der Waals surface area (Å²) in [6.45, 7) is 8.19. The molecule has 2 aromatic carbocycles. The van der Waals surface area contributed by atoms with Gasteiger partial charge in [-0.15, -0.1) is 0 Å². The highest BCUT2D eigenvalue weighted by Crippen LogP contribution is 2.37. The van der Waals surface area contributed by atoms with Gasteiger partial charge in [0, 0.05) is 14.9 Å². The number of halogens is 2. The van der Waals surface area contributed by atoms with E-state index in [-0.39, 0.29) is 11.2 Å². The molecule has 1 aliphatic rings.